The number of aliphatic hydroxyl groups excluding tert-OH is 1. The second-order valence-electron chi connectivity index (χ2n) is 2.96. The van der Waals surface area contributed by atoms with Gasteiger partial charge in [0, 0.05) is 12.1 Å². The number of hydrogen-bond donors (Lipinski definition) is 1. The van der Waals surface area contributed by atoms with Crippen LogP contribution in [0, 0.1) is 10.1 Å². The molecule has 0 aliphatic carbocycles. The first-order chi connectivity index (χ1) is 7.15. The normalized spacial score (nSPS) is 12.9. The van der Waals surface area contributed by atoms with Crippen LogP contribution in [0.3, 0.4) is 0 Å². The Hall–Kier alpha value is -1.20. The summed E-state index contributed by atoms with van der Waals surface area (Å²) < 4.78 is 0. The SMILES string of the molecule is O=[N+]([O-])c1ccc([C@H](O)C/C=C\Br)cc1. The van der Waals surface area contributed by atoms with Crippen molar-refractivity contribution < 1.29 is 10.0 Å². The number of rotatable bonds is 4. The van der Waals surface area contributed by atoms with E-state index in [1.54, 1.807) is 23.2 Å². The van der Waals surface area contributed by atoms with Crippen LogP contribution in [-0.4, -0.2) is 10.0 Å². The molecule has 0 aliphatic heterocycles. The van der Waals surface area contributed by atoms with Crippen LogP contribution in [0.25, 0.3) is 0 Å². The van der Waals surface area contributed by atoms with Crippen molar-refractivity contribution in [2.75, 3.05) is 0 Å². The largest absolute Gasteiger partial charge is 0.388 e. The van der Waals surface area contributed by atoms with E-state index in [2.05, 4.69) is 15.9 Å². The number of non-ortho nitro benzene ring substituents is 1. The molecule has 1 atom stereocenters. The summed E-state index contributed by atoms with van der Waals surface area (Å²) in [6.45, 7) is 0. The molecule has 0 radical (unpaired) electrons. The molecule has 0 saturated heterocycles. The van der Waals surface area contributed by atoms with Gasteiger partial charge in [-0.1, -0.05) is 22.0 Å². The maximum Gasteiger partial charge on any atom is 0.269 e. The molecule has 0 aliphatic rings. The van der Waals surface area contributed by atoms with E-state index in [9.17, 15) is 15.2 Å². The lowest BCUT2D eigenvalue weighted by Gasteiger charge is -2.07. The van der Waals surface area contributed by atoms with Gasteiger partial charge in [-0.2, -0.15) is 0 Å². The summed E-state index contributed by atoms with van der Waals surface area (Å²) in [5.41, 5.74) is 0.702. The van der Waals surface area contributed by atoms with Crippen molar-refractivity contribution in [1.29, 1.82) is 0 Å². The summed E-state index contributed by atoms with van der Waals surface area (Å²) in [5, 5.41) is 20.0. The van der Waals surface area contributed by atoms with Crippen LogP contribution in [0.15, 0.2) is 35.3 Å². The molecule has 0 aromatic heterocycles. The van der Waals surface area contributed by atoms with Crippen LogP contribution in [0.5, 0.6) is 0 Å². The molecule has 1 aromatic rings. The van der Waals surface area contributed by atoms with Gasteiger partial charge in [-0.05, 0) is 29.1 Å². The molecule has 1 aromatic carbocycles. The number of nitro groups is 1. The Morgan fingerprint density at radius 1 is 1.47 bits per heavy atom. The number of hydrogen-bond acceptors (Lipinski definition) is 3. The highest BCUT2D eigenvalue weighted by atomic mass is 79.9. The third-order valence-electron chi connectivity index (χ3n) is 1.94. The summed E-state index contributed by atoms with van der Waals surface area (Å²) in [4.78, 5) is 11.6. The van der Waals surface area contributed by atoms with Crippen molar-refractivity contribution in [2.24, 2.45) is 0 Å². The summed E-state index contributed by atoms with van der Waals surface area (Å²) in [5.74, 6) is 0. The van der Waals surface area contributed by atoms with E-state index in [1.807, 2.05) is 0 Å². The average molecular weight is 272 g/mol. The van der Waals surface area contributed by atoms with Gasteiger partial charge >= 0.3 is 0 Å². The Morgan fingerprint density at radius 3 is 2.53 bits per heavy atom. The standard InChI is InChI=1S/C10H10BrNO3/c11-7-1-2-10(13)8-3-5-9(6-4-8)12(14)15/h1,3-7,10,13H,2H2/b7-1-/t10-/m1/s1. The molecule has 0 spiro atoms. The van der Waals surface area contributed by atoms with Gasteiger partial charge in [0.05, 0.1) is 11.0 Å². The van der Waals surface area contributed by atoms with Gasteiger partial charge in [-0.3, -0.25) is 10.1 Å². The van der Waals surface area contributed by atoms with E-state index in [-0.39, 0.29) is 5.69 Å². The van der Waals surface area contributed by atoms with Crippen molar-refractivity contribution >= 4 is 21.6 Å². The molecule has 1 rings (SSSR count). The minimum atomic E-state index is -0.625. The second kappa shape index (κ2) is 5.63. The van der Waals surface area contributed by atoms with Crippen molar-refractivity contribution in [3.63, 3.8) is 0 Å². The van der Waals surface area contributed by atoms with Crippen molar-refractivity contribution in [2.45, 2.75) is 12.5 Å². The van der Waals surface area contributed by atoms with Gasteiger partial charge in [0.1, 0.15) is 0 Å². The first-order valence-electron chi connectivity index (χ1n) is 4.33. The first-order valence-corrected chi connectivity index (χ1v) is 5.24. The van der Waals surface area contributed by atoms with Crippen LogP contribution in [-0.2, 0) is 0 Å². The Kier molecular flexibility index (Phi) is 4.45. The predicted molar refractivity (Wildman–Crippen MR) is 60.7 cm³/mol. The smallest absolute Gasteiger partial charge is 0.269 e. The third-order valence-corrected chi connectivity index (χ3v) is 2.31. The minimum Gasteiger partial charge on any atom is -0.388 e. The first kappa shape index (κ1) is 11.9. The number of nitro benzene ring substituents is 1. The number of halogens is 1. The molecule has 0 fully saturated rings. The quantitative estimate of drug-likeness (QED) is 0.677. The topological polar surface area (TPSA) is 63.4 Å². The second-order valence-corrected chi connectivity index (χ2v) is 3.49. The Balaban J connectivity index is 2.75. The van der Waals surface area contributed by atoms with E-state index >= 15 is 0 Å². The van der Waals surface area contributed by atoms with Gasteiger partial charge in [0.25, 0.3) is 5.69 Å². The van der Waals surface area contributed by atoms with Crippen molar-refractivity contribution in [3.8, 4) is 0 Å². The summed E-state index contributed by atoms with van der Waals surface area (Å²) in [6, 6.07) is 5.89. The van der Waals surface area contributed by atoms with Crippen molar-refractivity contribution in [3.05, 3.63) is 51.0 Å². The summed E-state index contributed by atoms with van der Waals surface area (Å²) in [6.07, 6.45) is 1.62. The highest BCUT2D eigenvalue weighted by Crippen LogP contribution is 2.20. The highest BCUT2D eigenvalue weighted by molar-refractivity contribution is 9.11. The highest BCUT2D eigenvalue weighted by Gasteiger charge is 2.08. The minimum absolute atomic E-state index is 0.0296. The van der Waals surface area contributed by atoms with Crippen LogP contribution in [0.4, 0.5) is 5.69 Å². The van der Waals surface area contributed by atoms with E-state index in [1.165, 1.54) is 12.1 Å². The molecule has 0 unspecified atom stereocenters. The summed E-state index contributed by atoms with van der Waals surface area (Å²) >= 11 is 3.10. The molecule has 0 amide bonds. The molecule has 0 heterocycles. The van der Waals surface area contributed by atoms with Gasteiger partial charge in [0.15, 0.2) is 0 Å². The molecule has 1 N–H and O–H groups in total. The molecule has 80 valence electrons. The Labute approximate surface area is 95.5 Å². The molecule has 15 heavy (non-hydrogen) atoms. The summed E-state index contributed by atoms with van der Waals surface area (Å²) in [7, 11) is 0. The lowest BCUT2D eigenvalue weighted by Crippen LogP contribution is -1.96. The molecular formula is C10H10BrNO3. The monoisotopic (exact) mass is 271 g/mol. The average Bonchev–Trinajstić information content (AvgIpc) is 2.26. The lowest BCUT2D eigenvalue weighted by atomic mass is 10.1. The van der Waals surface area contributed by atoms with Crippen LogP contribution < -0.4 is 0 Å². The lowest BCUT2D eigenvalue weighted by molar-refractivity contribution is -0.384. The van der Waals surface area contributed by atoms with Gasteiger partial charge in [0.2, 0.25) is 0 Å². The number of nitrogens with zero attached hydrogens (tertiary/aromatic N) is 1. The van der Waals surface area contributed by atoms with Crippen LogP contribution in [0.1, 0.15) is 18.1 Å². The Bertz CT molecular complexity index is 361. The van der Waals surface area contributed by atoms with Gasteiger partial charge in [-0.25, -0.2) is 0 Å². The van der Waals surface area contributed by atoms with Gasteiger partial charge in [-0.15, -0.1) is 0 Å². The van der Waals surface area contributed by atoms with Crippen LogP contribution in [0.2, 0.25) is 0 Å². The van der Waals surface area contributed by atoms with E-state index < -0.39 is 11.0 Å². The zero-order valence-corrected chi connectivity index (χ0v) is 9.42. The fraction of sp³-hybridized carbons (Fsp3) is 0.200. The maximum absolute atomic E-state index is 10.4. The predicted octanol–water partition coefficient (Wildman–Crippen LogP) is 2.93. The molecular weight excluding hydrogens is 262 g/mol. The molecule has 0 saturated carbocycles. The Morgan fingerprint density at radius 2 is 2.07 bits per heavy atom. The third kappa shape index (κ3) is 3.45. The van der Waals surface area contributed by atoms with E-state index in [0.717, 1.165) is 0 Å². The fourth-order valence-electron chi connectivity index (χ4n) is 1.13. The number of aliphatic hydroxyl groups is 1. The van der Waals surface area contributed by atoms with Crippen molar-refractivity contribution in [1.82, 2.24) is 0 Å². The number of benzene rings is 1. The molecule has 0 bridgehead atoms. The molecule has 5 heteroatoms. The zero-order valence-electron chi connectivity index (χ0n) is 7.84. The molecule has 4 nitrogen and oxygen atoms in total. The van der Waals surface area contributed by atoms with E-state index in [4.69, 9.17) is 0 Å². The maximum atomic E-state index is 10.4. The fourth-order valence-corrected chi connectivity index (χ4v) is 1.35. The zero-order chi connectivity index (χ0) is 11.3. The van der Waals surface area contributed by atoms with Crippen LogP contribution >= 0.6 is 15.9 Å². The van der Waals surface area contributed by atoms with Gasteiger partial charge < -0.3 is 5.11 Å². The van der Waals surface area contributed by atoms with E-state index in [0.29, 0.717) is 12.0 Å².